The SMILES string of the molecule is COc1ccc(Nc2nc(SC)nc3c2CCCC3)cc1. The normalized spacial score (nSPS) is 13.6. The fraction of sp³-hybridized carbons (Fsp3) is 0.375. The van der Waals surface area contributed by atoms with E-state index in [-0.39, 0.29) is 0 Å². The molecule has 110 valence electrons. The third kappa shape index (κ3) is 3.13. The van der Waals surface area contributed by atoms with Gasteiger partial charge in [-0.05, 0) is 56.2 Å². The first-order valence-electron chi connectivity index (χ1n) is 7.15. The number of nitrogens with one attached hydrogen (secondary N) is 1. The summed E-state index contributed by atoms with van der Waals surface area (Å²) in [7, 11) is 1.67. The lowest BCUT2D eigenvalue weighted by Gasteiger charge is -2.19. The summed E-state index contributed by atoms with van der Waals surface area (Å²) < 4.78 is 5.19. The third-order valence-corrected chi connectivity index (χ3v) is 4.25. The molecule has 0 saturated heterocycles. The molecule has 0 bridgehead atoms. The Labute approximate surface area is 129 Å². The van der Waals surface area contributed by atoms with E-state index in [2.05, 4.69) is 15.3 Å². The summed E-state index contributed by atoms with van der Waals surface area (Å²) in [6.07, 6.45) is 6.57. The number of benzene rings is 1. The Kier molecular flexibility index (Phi) is 4.29. The van der Waals surface area contributed by atoms with Gasteiger partial charge in [0.1, 0.15) is 11.6 Å². The molecule has 1 heterocycles. The molecule has 0 atom stereocenters. The predicted octanol–water partition coefficient (Wildman–Crippen LogP) is 3.83. The summed E-state index contributed by atoms with van der Waals surface area (Å²) in [5.74, 6) is 1.81. The summed E-state index contributed by atoms with van der Waals surface area (Å²) in [6, 6.07) is 7.92. The molecule has 0 spiro atoms. The standard InChI is InChI=1S/C16H19N3OS/c1-20-12-9-7-11(8-10-12)17-15-13-5-3-4-6-14(13)18-16(19-15)21-2/h7-10H,3-6H2,1-2H3,(H,17,18,19). The van der Waals surface area contributed by atoms with Crippen LogP contribution in [0, 0.1) is 0 Å². The van der Waals surface area contributed by atoms with Crippen LogP contribution in [0.1, 0.15) is 24.1 Å². The van der Waals surface area contributed by atoms with Crippen LogP contribution in [-0.4, -0.2) is 23.3 Å². The highest BCUT2D eigenvalue weighted by Gasteiger charge is 2.17. The van der Waals surface area contributed by atoms with Crippen LogP contribution in [-0.2, 0) is 12.8 Å². The van der Waals surface area contributed by atoms with Crippen molar-refractivity contribution in [1.29, 1.82) is 0 Å². The second-order valence-corrected chi connectivity index (χ2v) is 5.82. The van der Waals surface area contributed by atoms with E-state index in [1.165, 1.54) is 24.1 Å². The molecule has 3 rings (SSSR count). The van der Waals surface area contributed by atoms with E-state index in [1.807, 2.05) is 30.5 Å². The van der Waals surface area contributed by atoms with E-state index in [0.29, 0.717) is 0 Å². The zero-order valence-electron chi connectivity index (χ0n) is 12.3. The van der Waals surface area contributed by atoms with Crippen molar-refractivity contribution in [3.63, 3.8) is 0 Å². The number of hydrogen-bond donors (Lipinski definition) is 1. The highest BCUT2D eigenvalue weighted by atomic mass is 32.2. The predicted molar refractivity (Wildman–Crippen MR) is 86.7 cm³/mol. The summed E-state index contributed by atoms with van der Waals surface area (Å²) in [4.78, 5) is 9.31. The molecule has 5 heteroatoms. The van der Waals surface area contributed by atoms with Crippen LogP contribution in [0.15, 0.2) is 29.4 Å². The van der Waals surface area contributed by atoms with Crippen LogP contribution in [0.4, 0.5) is 11.5 Å². The van der Waals surface area contributed by atoms with Crippen molar-refractivity contribution in [1.82, 2.24) is 9.97 Å². The number of fused-ring (bicyclic) bond motifs is 1. The summed E-state index contributed by atoms with van der Waals surface area (Å²) in [5.41, 5.74) is 3.50. The van der Waals surface area contributed by atoms with Crippen LogP contribution in [0.3, 0.4) is 0 Å². The average molecular weight is 301 g/mol. The second-order valence-electron chi connectivity index (χ2n) is 5.04. The zero-order valence-corrected chi connectivity index (χ0v) is 13.2. The largest absolute Gasteiger partial charge is 0.497 e. The van der Waals surface area contributed by atoms with Crippen LogP contribution in [0.25, 0.3) is 0 Å². The van der Waals surface area contributed by atoms with Crippen molar-refractivity contribution in [2.45, 2.75) is 30.8 Å². The lowest BCUT2D eigenvalue weighted by molar-refractivity contribution is 0.415. The van der Waals surface area contributed by atoms with Crippen molar-refractivity contribution >= 4 is 23.3 Å². The molecule has 0 unspecified atom stereocenters. The highest BCUT2D eigenvalue weighted by molar-refractivity contribution is 7.98. The first kappa shape index (κ1) is 14.2. The molecule has 1 aromatic carbocycles. The minimum Gasteiger partial charge on any atom is -0.497 e. The maximum atomic E-state index is 5.19. The van der Waals surface area contributed by atoms with Crippen LogP contribution in [0.2, 0.25) is 0 Å². The molecule has 1 N–H and O–H groups in total. The molecule has 0 amide bonds. The van der Waals surface area contributed by atoms with Gasteiger partial charge in [0.25, 0.3) is 0 Å². The van der Waals surface area contributed by atoms with Gasteiger partial charge in [0, 0.05) is 11.3 Å². The van der Waals surface area contributed by atoms with Crippen molar-refractivity contribution in [3.8, 4) is 5.75 Å². The van der Waals surface area contributed by atoms with Crippen molar-refractivity contribution in [2.24, 2.45) is 0 Å². The Morgan fingerprint density at radius 1 is 1.10 bits per heavy atom. The number of ether oxygens (including phenoxy) is 1. The number of nitrogens with zero attached hydrogens (tertiary/aromatic N) is 2. The maximum absolute atomic E-state index is 5.19. The number of methoxy groups -OCH3 is 1. The monoisotopic (exact) mass is 301 g/mol. The number of anilines is 2. The van der Waals surface area contributed by atoms with Gasteiger partial charge in [0.15, 0.2) is 5.16 Å². The summed E-state index contributed by atoms with van der Waals surface area (Å²) in [6.45, 7) is 0. The van der Waals surface area contributed by atoms with Gasteiger partial charge in [-0.15, -0.1) is 0 Å². The Bertz CT molecular complexity index is 628. The lowest BCUT2D eigenvalue weighted by Crippen LogP contribution is -2.11. The van der Waals surface area contributed by atoms with Crippen molar-refractivity contribution in [3.05, 3.63) is 35.5 Å². The van der Waals surface area contributed by atoms with E-state index in [0.717, 1.165) is 35.3 Å². The topological polar surface area (TPSA) is 47.0 Å². The van der Waals surface area contributed by atoms with Crippen LogP contribution < -0.4 is 10.1 Å². The first-order chi connectivity index (χ1) is 10.3. The maximum Gasteiger partial charge on any atom is 0.189 e. The van der Waals surface area contributed by atoms with Crippen LogP contribution >= 0.6 is 11.8 Å². The summed E-state index contributed by atoms with van der Waals surface area (Å²) >= 11 is 1.59. The lowest BCUT2D eigenvalue weighted by atomic mass is 9.96. The van der Waals surface area contributed by atoms with E-state index in [9.17, 15) is 0 Å². The van der Waals surface area contributed by atoms with Gasteiger partial charge in [-0.3, -0.25) is 0 Å². The van der Waals surface area contributed by atoms with Crippen molar-refractivity contribution in [2.75, 3.05) is 18.7 Å². The Balaban J connectivity index is 1.92. The minimum absolute atomic E-state index is 0.840. The Morgan fingerprint density at radius 2 is 1.86 bits per heavy atom. The van der Waals surface area contributed by atoms with Gasteiger partial charge in [-0.25, -0.2) is 9.97 Å². The van der Waals surface area contributed by atoms with E-state index in [1.54, 1.807) is 18.9 Å². The molecular formula is C16H19N3OS. The zero-order chi connectivity index (χ0) is 14.7. The molecule has 2 aromatic rings. The smallest absolute Gasteiger partial charge is 0.189 e. The van der Waals surface area contributed by atoms with Gasteiger partial charge < -0.3 is 10.1 Å². The van der Waals surface area contributed by atoms with Crippen LogP contribution in [0.5, 0.6) is 5.75 Å². The molecule has 21 heavy (non-hydrogen) atoms. The number of rotatable bonds is 4. The number of hydrogen-bond acceptors (Lipinski definition) is 5. The quantitative estimate of drug-likeness (QED) is 0.687. The molecule has 0 fully saturated rings. The fourth-order valence-electron chi connectivity index (χ4n) is 2.58. The molecule has 4 nitrogen and oxygen atoms in total. The average Bonchev–Trinajstić information content (AvgIpc) is 2.55. The third-order valence-electron chi connectivity index (χ3n) is 3.70. The molecule has 1 aliphatic rings. The molecule has 0 aliphatic heterocycles. The van der Waals surface area contributed by atoms with E-state index in [4.69, 9.17) is 4.74 Å². The van der Waals surface area contributed by atoms with E-state index < -0.39 is 0 Å². The van der Waals surface area contributed by atoms with Gasteiger partial charge >= 0.3 is 0 Å². The highest BCUT2D eigenvalue weighted by Crippen LogP contribution is 2.29. The van der Waals surface area contributed by atoms with Gasteiger partial charge in [0.05, 0.1) is 12.8 Å². The Morgan fingerprint density at radius 3 is 2.57 bits per heavy atom. The van der Waals surface area contributed by atoms with E-state index >= 15 is 0 Å². The molecule has 0 radical (unpaired) electrons. The van der Waals surface area contributed by atoms with Gasteiger partial charge in [0.2, 0.25) is 0 Å². The number of aromatic nitrogens is 2. The number of aryl methyl sites for hydroxylation is 1. The molecule has 1 aromatic heterocycles. The Hall–Kier alpha value is -1.75. The first-order valence-corrected chi connectivity index (χ1v) is 8.37. The number of thioether (sulfide) groups is 1. The molecule has 1 aliphatic carbocycles. The minimum atomic E-state index is 0.840. The second kappa shape index (κ2) is 6.35. The van der Waals surface area contributed by atoms with Gasteiger partial charge in [-0.1, -0.05) is 11.8 Å². The summed E-state index contributed by atoms with van der Waals surface area (Å²) in [5, 5.41) is 4.28. The molecule has 0 saturated carbocycles. The van der Waals surface area contributed by atoms with Gasteiger partial charge in [-0.2, -0.15) is 0 Å². The van der Waals surface area contributed by atoms with Crippen molar-refractivity contribution < 1.29 is 4.74 Å². The molecular weight excluding hydrogens is 282 g/mol. The fourth-order valence-corrected chi connectivity index (χ4v) is 2.96.